The monoisotopic (exact) mass is 459 g/mol. The Morgan fingerprint density at radius 3 is 2.50 bits per heavy atom. The third-order valence-corrected chi connectivity index (χ3v) is 7.93. The number of hydrogen-bond donors (Lipinski definition) is 0. The molecule has 1 saturated carbocycles. The third kappa shape index (κ3) is 8.34. The molecule has 0 bridgehead atoms. The van der Waals surface area contributed by atoms with Crippen molar-refractivity contribution in [2.24, 2.45) is 0 Å². The van der Waals surface area contributed by atoms with Gasteiger partial charge in [-0.25, -0.2) is 8.42 Å². The van der Waals surface area contributed by atoms with E-state index in [9.17, 15) is 8.42 Å². The molecule has 4 nitrogen and oxygen atoms in total. The van der Waals surface area contributed by atoms with Gasteiger partial charge in [-0.3, -0.25) is 0 Å². The number of ether oxygens (including phenoxy) is 1. The van der Waals surface area contributed by atoms with E-state index in [0.29, 0.717) is 18.0 Å². The Labute approximate surface area is 196 Å². The first-order valence-corrected chi connectivity index (χ1v) is 13.5. The SMILES string of the molecule is C=CCCCCCCO[C@@H]1CCCC[C@H]1N(C/C=C\C=C\C)S(=O)(=O)c1ccc(C)cc1. The Kier molecular flexibility index (Phi) is 12.0. The van der Waals surface area contributed by atoms with E-state index in [0.717, 1.165) is 50.5 Å². The van der Waals surface area contributed by atoms with E-state index in [2.05, 4.69) is 6.58 Å². The number of nitrogens with zero attached hydrogens (tertiary/aromatic N) is 1. The largest absolute Gasteiger partial charge is 0.377 e. The Bertz CT molecular complexity index is 827. The van der Waals surface area contributed by atoms with Crippen LogP contribution in [0, 0.1) is 6.92 Å². The number of rotatable bonds is 14. The maximum Gasteiger partial charge on any atom is 0.243 e. The molecule has 2 atom stereocenters. The first kappa shape index (κ1) is 26.6. The van der Waals surface area contributed by atoms with Gasteiger partial charge in [0, 0.05) is 13.2 Å². The number of sulfonamides is 1. The van der Waals surface area contributed by atoms with Crippen LogP contribution in [-0.2, 0) is 14.8 Å². The highest BCUT2D eigenvalue weighted by molar-refractivity contribution is 7.89. The van der Waals surface area contributed by atoms with Gasteiger partial charge in [-0.05, 0) is 58.1 Å². The molecule has 1 aliphatic rings. The quantitative estimate of drug-likeness (QED) is 0.179. The molecule has 1 aromatic rings. The van der Waals surface area contributed by atoms with Gasteiger partial charge in [0.15, 0.2) is 0 Å². The number of allylic oxidation sites excluding steroid dienone is 4. The van der Waals surface area contributed by atoms with Crippen LogP contribution in [0.15, 0.2) is 66.1 Å². The Morgan fingerprint density at radius 2 is 1.78 bits per heavy atom. The Morgan fingerprint density at radius 1 is 1.06 bits per heavy atom. The molecule has 2 rings (SSSR count). The van der Waals surface area contributed by atoms with Crippen molar-refractivity contribution in [3.05, 3.63) is 66.8 Å². The van der Waals surface area contributed by atoms with Crippen molar-refractivity contribution in [3.63, 3.8) is 0 Å². The second-order valence-corrected chi connectivity index (χ2v) is 10.5. The third-order valence-electron chi connectivity index (χ3n) is 6.02. The molecule has 1 aliphatic carbocycles. The summed E-state index contributed by atoms with van der Waals surface area (Å²) < 4.78 is 35.2. The maximum absolute atomic E-state index is 13.6. The van der Waals surface area contributed by atoms with Crippen molar-refractivity contribution in [2.45, 2.75) is 88.7 Å². The fourth-order valence-electron chi connectivity index (χ4n) is 4.19. The minimum absolute atomic E-state index is 0.0488. The van der Waals surface area contributed by atoms with Gasteiger partial charge in [-0.1, -0.05) is 73.8 Å². The molecule has 0 heterocycles. The molecular weight excluding hydrogens is 418 g/mol. The van der Waals surface area contributed by atoms with Crippen LogP contribution in [0.1, 0.15) is 70.3 Å². The molecule has 0 aliphatic heterocycles. The lowest BCUT2D eigenvalue weighted by atomic mass is 9.92. The van der Waals surface area contributed by atoms with Gasteiger partial charge in [-0.15, -0.1) is 6.58 Å². The first-order chi connectivity index (χ1) is 15.5. The van der Waals surface area contributed by atoms with E-state index < -0.39 is 10.0 Å². The molecule has 1 fully saturated rings. The van der Waals surface area contributed by atoms with Crippen molar-refractivity contribution in [1.29, 1.82) is 0 Å². The molecule has 0 aromatic heterocycles. The number of unbranched alkanes of at least 4 members (excludes halogenated alkanes) is 4. The molecule has 178 valence electrons. The zero-order valence-electron chi connectivity index (χ0n) is 19.9. The zero-order valence-corrected chi connectivity index (χ0v) is 20.7. The summed E-state index contributed by atoms with van der Waals surface area (Å²) in [6, 6.07) is 7.03. The lowest BCUT2D eigenvalue weighted by Crippen LogP contribution is -2.49. The highest BCUT2D eigenvalue weighted by Gasteiger charge is 2.37. The summed E-state index contributed by atoms with van der Waals surface area (Å²) in [4.78, 5) is 0.356. The van der Waals surface area contributed by atoms with Crippen LogP contribution in [0.5, 0.6) is 0 Å². The molecule has 1 aromatic carbocycles. The maximum atomic E-state index is 13.6. The summed E-state index contributed by atoms with van der Waals surface area (Å²) in [5.41, 5.74) is 1.05. The molecule has 0 radical (unpaired) electrons. The van der Waals surface area contributed by atoms with Gasteiger partial charge in [0.2, 0.25) is 10.0 Å². The van der Waals surface area contributed by atoms with Gasteiger partial charge in [-0.2, -0.15) is 4.31 Å². The normalized spacial score (nSPS) is 19.8. The topological polar surface area (TPSA) is 46.6 Å². The molecule has 0 saturated heterocycles. The van der Waals surface area contributed by atoms with Gasteiger partial charge in [0.05, 0.1) is 17.0 Å². The predicted octanol–water partition coefficient (Wildman–Crippen LogP) is 6.58. The number of aryl methyl sites for hydroxylation is 1. The molecule has 32 heavy (non-hydrogen) atoms. The van der Waals surface area contributed by atoms with Crippen molar-refractivity contribution >= 4 is 10.0 Å². The van der Waals surface area contributed by atoms with Crippen LogP contribution in [0.3, 0.4) is 0 Å². The molecule has 5 heteroatoms. The van der Waals surface area contributed by atoms with Crippen LogP contribution >= 0.6 is 0 Å². The van der Waals surface area contributed by atoms with Crippen LogP contribution < -0.4 is 0 Å². The lowest BCUT2D eigenvalue weighted by Gasteiger charge is -2.38. The van der Waals surface area contributed by atoms with Crippen LogP contribution in [0.2, 0.25) is 0 Å². The van der Waals surface area contributed by atoms with E-state index in [1.54, 1.807) is 16.4 Å². The average molecular weight is 460 g/mol. The van der Waals surface area contributed by atoms with Crippen LogP contribution in [0.25, 0.3) is 0 Å². The second kappa shape index (κ2) is 14.5. The highest BCUT2D eigenvalue weighted by atomic mass is 32.2. The van der Waals surface area contributed by atoms with Crippen molar-refractivity contribution < 1.29 is 13.2 Å². The first-order valence-electron chi connectivity index (χ1n) is 12.1. The van der Waals surface area contributed by atoms with Crippen LogP contribution in [0.4, 0.5) is 0 Å². The predicted molar refractivity (Wildman–Crippen MR) is 134 cm³/mol. The van der Waals surface area contributed by atoms with Gasteiger partial charge in [0.1, 0.15) is 0 Å². The van der Waals surface area contributed by atoms with Crippen molar-refractivity contribution in [1.82, 2.24) is 4.31 Å². The summed E-state index contributed by atoms with van der Waals surface area (Å²) >= 11 is 0. The summed E-state index contributed by atoms with van der Waals surface area (Å²) in [7, 11) is -3.61. The smallest absolute Gasteiger partial charge is 0.243 e. The fourth-order valence-corrected chi connectivity index (χ4v) is 5.82. The van der Waals surface area contributed by atoms with Gasteiger partial charge >= 0.3 is 0 Å². The summed E-state index contributed by atoms with van der Waals surface area (Å²) in [6.07, 6.45) is 19.1. The summed E-state index contributed by atoms with van der Waals surface area (Å²) in [5.74, 6) is 0. The second-order valence-electron chi connectivity index (χ2n) is 8.59. The van der Waals surface area contributed by atoms with E-state index in [1.807, 2.05) is 56.4 Å². The Hall–Kier alpha value is -1.69. The van der Waals surface area contributed by atoms with Gasteiger partial charge < -0.3 is 4.74 Å². The summed E-state index contributed by atoms with van der Waals surface area (Å²) in [6.45, 7) is 8.74. The fraction of sp³-hybridized carbons (Fsp3) is 0.556. The Balaban J connectivity index is 2.13. The summed E-state index contributed by atoms with van der Waals surface area (Å²) in [5, 5.41) is 0. The standard InChI is InChI=1S/C27H41NO3S/c1-4-6-8-10-11-15-23-31-27-17-13-12-16-26(27)28(22-14-9-7-5-2)32(29,30)25-20-18-24(3)19-21-25/h4-5,7,9,14,18-21,26-27H,1,6,8,10-13,15-17,22-23H2,2-3H3/b7-5+,14-9-/t26-,27-/m1/s1. The van der Waals surface area contributed by atoms with Crippen molar-refractivity contribution in [2.75, 3.05) is 13.2 Å². The highest BCUT2D eigenvalue weighted by Crippen LogP contribution is 2.30. The minimum atomic E-state index is -3.61. The number of benzene rings is 1. The van der Waals surface area contributed by atoms with E-state index in [1.165, 1.54) is 12.8 Å². The molecule has 0 spiro atoms. The molecular formula is C27H41NO3S. The zero-order chi connectivity index (χ0) is 23.2. The van der Waals surface area contributed by atoms with E-state index in [4.69, 9.17) is 4.74 Å². The van der Waals surface area contributed by atoms with E-state index in [-0.39, 0.29) is 12.1 Å². The average Bonchev–Trinajstić information content (AvgIpc) is 2.79. The molecule has 0 N–H and O–H groups in total. The van der Waals surface area contributed by atoms with Gasteiger partial charge in [0.25, 0.3) is 0 Å². The minimum Gasteiger partial charge on any atom is -0.377 e. The van der Waals surface area contributed by atoms with E-state index >= 15 is 0 Å². The lowest BCUT2D eigenvalue weighted by molar-refractivity contribution is -0.0150. The molecule has 0 unspecified atom stereocenters. The number of hydrogen-bond acceptors (Lipinski definition) is 3. The van der Waals surface area contributed by atoms with Crippen molar-refractivity contribution in [3.8, 4) is 0 Å². The van der Waals surface area contributed by atoms with Crippen LogP contribution in [-0.4, -0.2) is 38.0 Å². The molecule has 0 amide bonds.